The summed E-state index contributed by atoms with van der Waals surface area (Å²) in [5.41, 5.74) is 1.69. The van der Waals surface area contributed by atoms with Crippen LogP contribution in [0.1, 0.15) is 5.56 Å². The van der Waals surface area contributed by atoms with E-state index in [1.807, 2.05) is 17.0 Å². The van der Waals surface area contributed by atoms with Gasteiger partial charge in [0.1, 0.15) is 12.4 Å². The molecule has 1 heterocycles. The van der Waals surface area contributed by atoms with E-state index in [0.29, 0.717) is 25.4 Å². The van der Waals surface area contributed by atoms with Gasteiger partial charge in [0.2, 0.25) is 0 Å². The molecule has 2 rings (SSSR count). The minimum Gasteiger partial charge on any atom is -0.490 e. The molecule has 1 unspecified atom stereocenters. The summed E-state index contributed by atoms with van der Waals surface area (Å²) in [4.78, 5) is 1.97. The second-order valence-electron chi connectivity index (χ2n) is 4.09. The molecule has 0 bridgehead atoms. The highest BCUT2D eigenvalue weighted by Gasteiger charge is 2.20. The molecule has 0 radical (unpaired) electrons. The van der Waals surface area contributed by atoms with Crippen LogP contribution in [0.25, 0.3) is 0 Å². The Balaban J connectivity index is 2.19. The lowest BCUT2D eigenvalue weighted by Gasteiger charge is -2.32. The Labute approximate surface area is 99.9 Å². The van der Waals surface area contributed by atoms with Gasteiger partial charge in [0.05, 0.1) is 31.5 Å². The summed E-state index contributed by atoms with van der Waals surface area (Å²) >= 11 is 0. The van der Waals surface area contributed by atoms with Crippen molar-refractivity contribution in [2.75, 3.05) is 31.2 Å². The van der Waals surface area contributed by atoms with Gasteiger partial charge < -0.3 is 25.0 Å². The molecule has 1 atom stereocenters. The molecule has 5 nitrogen and oxygen atoms in total. The molecule has 94 valence electrons. The maximum absolute atomic E-state index is 9.46. The van der Waals surface area contributed by atoms with Crippen molar-refractivity contribution in [1.82, 2.24) is 0 Å². The summed E-state index contributed by atoms with van der Waals surface area (Å²) in [5, 5.41) is 27.4. The van der Waals surface area contributed by atoms with Crippen LogP contribution in [0.4, 0.5) is 5.69 Å². The number of ether oxygens (including phenoxy) is 1. The van der Waals surface area contributed by atoms with Crippen molar-refractivity contribution in [2.45, 2.75) is 12.7 Å². The first-order valence-electron chi connectivity index (χ1n) is 5.65. The van der Waals surface area contributed by atoms with Crippen LogP contribution in [0.5, 0.6) is 5.75 Å². The molecular weight excluding hydrogens is 222 g/mol. The van der Waals surface area contributed by atoms with Crippen LogP contribution in [0.15, 0.2) is 18.2 Å². The lowest BCUT2D eigenvalue weighted by molar-refractivity contribution is 0.0984. The van der Waals surface area contributed by atoms with Crippen LogP contribution in [0.3, 0.4) is 0 Å². The van der Waals surface area contributed by atoms with Crippen molar-refractivity contribution in [3.05, 3.63) is 23.8 Å². The van der Waals surface area contributed by atoms with Crippen LogP contribution in [0.2, 0.25) is 0 Å². The molecular formula is C12H17NO4. The Kier molecular flexibility index (Phi) is 3.83. The number of anilines is 1. The molecule has 0 amide bonds. The van der Waals surface area contributed by atoms with Gasteiger partial charge in [-0.1, -0.05) is 6.07 Å². The van der Waals surface area contributed by atoms with E-state index in [4.69, 9.17) is 14.9 Å². The van der Waals surface area contributed by atoms with Crippen molar-refractivity contribution in [3.63, 3.8) is 0 Å². The fourth-order valence-corrected chi connectivity index (χ4v) is 1.92. The quantitative estimate of drug-likeness (QED) is 0.674. The predicted molar refractivity (Wildman–Crippen MR) is 63.2 cm³/mol. The molecule has 17 heavy (non-hydrogen) atoms. The number of fused-ring (bicyclic) bond motifs is 1. The molecule has 5 heteroatoms. The highest BCUT2D eigenvalue weighted by Crippen LogP contribution is 2.32. The summed E-state index contributed by atoms with van der Waals surface area (Å²) in [6.07, 6.45) is -0.751. The lowest BCUT2D eigenvalue weighted by atomic mass is 10.1. The van der Waals surface area contributed by atoms with E-state index in [2.05, 4.69) is 0 Å². The Morgan fingerprint density at radius 1 is 1.35 bits per heavy atom. The van der Waals surface area contributed by atoms with Gasteiger partial charge >= 0.3 is 0 Å². The Bertz CT molecular complexity index is 383. The number of aliphatic hydroxyl groups excluding tert-OH is 3. The second-order valence-corrected chi connectivity index (χ2v) is 4.09. The fourth-order valence-electron chi connectivity index (χ4n) is 1.92. The molecule has 3 N–H and O–H groups in total. The Hall–Kier alpha value is -1.30. The van der Waals surface area contributed by atoms with Gasteiger partial charge in [0.25, 0.3) is 0 Å². The first-order valence-corrected chi connectivity index (χ1v) is 5.65. The van der Waals surface area contributed by atoms with Crippen molar-refractivity contribution in [2.24, 2.45) is 0 Å². The number of nitrogens with zero attached hydrogens (tertiary/aromatic N) is 1. The van der Waals surface area contributed by atoms with Crippen molar-refractivity contribution in [1.29, 1.82) is 0 Å². The van der Waals surface area contributed by atoms with Crippen LogP contribution < -0.4 is 9.64 Å². The van der Waals surface area contributed by atoms with Crippen LogP contribution in [0, 0.1) is 0 Å². The molecule has 0 spiro atoms. The predicted octanol–water partition coefficient (Wildman–Crippen LogP) is -0.269. The normalized spacial score (nSPS) is 16.3. The minimum absolute atomic E-state index is 0.0180. The van der Waals surface area contributed by atoms with Crippen molar-refractivity contribution in [3.8, 4) is 5.75 Å². The molecule has 1 aromatic rings. The van der Waals surface area contributed by atoms with Crippen LogP contribution in [-0.2, 0) is 6.61 Å². The van der Waals surface area contributed by atoms with Gasteiger partial charge in [-0.3, -0.25) is 0 Å². The summed E-state index contributed by atoms with van der Waals surface area (Å²) in [6.45, 7) is 1.34. The topological polar surface area (TPSA) is 73.2 Å². The van der Waals surface area contributed by atoms with Gasteiger partial charge in [-0.25, -0.2) is 0 Å². The highest BCUT2D eigenvalue weighted by atomic mass is 16.5. The van der Waals surface area contributed by atoms with Crippen molar-refractivity contribution < 1.29 is 20.1 Å². The van der Waals surface area contributed by atoms with E-state index in [9.17, 15) is 5.11 Å². The molecule has 1 aliphatic heterocycles. The molecule has 1 aromatic carbocycles. The monoisotopic (exact) mass is 239 g/mol. The van der Waals surface area contributed by atoms with E-state index in [-0.39, 0.29) is 13.2 Å². The molecule has 0 fully saturated rings. The first kappa shape index (κ1) is 12.2. The standard InChI is InChI=1S/C12H17NO4/c14-7-9-1-2-11-12(5-9)17-4-3-13(11)6-10(16)8-15/h1-2,5,10,14-16H,3-4,6-8H2. The SMILES string of the molecule is OCc1ccc2c(c1)OCCN2CC(O)CO. The average Bonchev–Trinajstić information content (AvgIpc) is 2.38. The number of hydrogen-bond donors (Lipinski definition) is 3. The van der Waals surface area contributed by atoms with Crippen LogP contribution >= 0.6 is 0 Å². The molecule has 0 aromatic heterocycles. The van der Waals surface area contributed by atoms with Gasteiger partial charge in [-0.15, -0.1) is 0 Å². The zero-order valence-electron chi connectivity index (χ0n) is 9.54. The summed E-state index contributed by atoms with van der Waals surface area (Å²) < 4.78 is 5.51. The molecule has 0 saturated carbocycles. The zero-order valence-corrected chi connectivity index (χ0v) is 9.54. The minimum atomic E-state index is -0.751. The van der Waals surface area contributed by atoms with Crippen molar-refractivity contribution >= 4 is 5.69 Å². The fraction of sp³-hybridized carbons (Fsp3) is 0.500. The van der Waals surface area contributed by atoms with Crippen LogP contribution in [-0.4, -0.2) is 47.7 Å². The van der Waals surface area contributed by atoms with E-state index in [1.54, 1.807) is 6.07 Å². The van der Waals surface area contributed by atoms with Gasteiger partial charge in [-0.05, 0) is 17.7 Å². The number of aliphatic hydroxyl groups is 3. The lowest BCUT2D eigenvalue weighted by Crippen LogP contribution is -2.39. The van der Waals surface area contributed by atoms with E-state index in [0.717, 1.165) is 11.3 Å². The van der Waals surface area contributed by atoms with Gasteiger partial charge in [0, 0.05) is 6.54 Å². The van der Waals surface area contributed by atoms with E-state index < -0.39 is 6.10 Å². The maximum Gasteiger partial charge on any atom is 0.143 e. The molecule has 0 saturated heterocycles. The molecule has 1 aliphatic rings. The number of benzene rings is 1. The zero-order chi connectivity index (χ0) is 12.3. The third kappa shape index (κ3) is 2.69. The summed E-state index contributed by atoms with van der Waals surface area (Å²) in [7, 11) is 0. The highest BCUT2D eigenvalue weighted by molar-refractivity contribution is 5.61. The third-order valence-corrected chi connectivity index (χ3v) is 2.81. The van der Waals surface area contributed by atoms with Gasteiger partial charge in [0.15, 0.2) is 0 Å². The average molecular weight is 239 g/mol. The van der Waals surface area contributed by atoms with E-state index in [1.165, 1.54) is 0 Å². The third-order valence-electron chi connectivity index (χ3n) is 2.81. The summed E-state index contributed by atoms with van der Waals surface area (Å²) in [6, 6.07) is 5.49. The molecule has 0 aliphatic carbocycles. The van der Waals surface area contributed by atoms with E-state index >= 15 is 0 Å². The smallest absolute Gasteiger partial charge is 0.143 e. The number of hydrogen-bond acceptors (Lipinski definition) is 5. The largest absolute Gasteiger partial charge is 0.490 e. The summed E-state index contributed by atoms with van der Waals surface area (Å²) in [5.74, 6) is 0.716. The first-order chi connectivity index (χ1) is 8.24. The van der Waals surface area contributed by atoms with Gasteiger partial charge in [-0.2, -0.15) is 0 Å². The Morgan fingerprint density at radius 2 is 2.18 bits per heavy atom. The maximum atomic E-state index is 9.46. The Morgan fingerprint density at radius 3 is 2.88 bits per heavy atom. The number of rotatable bonds is 4. The number of β-amino-alcohol motifs (C(OH)–C–C–N with tert-alkyl or cyclic N) is 1. The second kappa shape index (κ2) is 5.35.